The smallest absolute Gasteiger partial charge is 0.224 e. The van der Waals surface area contributed by atoms with Crippen LogP contribution in [0.5, 0.6) is 17.2 Å². The molecule has 1 aromatic heterocycles. The number of amides is 1. The normalized spacial score (nSPS) is 13.6. The summed E-state index contributed by atoms with van der Waals surface area (Å²) in [5.41, 5.74) is 5.84. The van der Waals surface area contributed by atoms with Crippen molar-refractivity contribution in [2.75, 3.05) is 14.2 Å². The van der Waals surface area contributed by atoms with Gasteiger partial charge in [0, 0.05) is 18.9 Å². The second-order valence-corrected chi connectivity index (χ2v) is 8.07. The van der Waals surface area contributed by atoms with Gasteiger partial charge in [0.15, 0.2) is 11.5 Å². The van der Waals surface area contributed by atoms with E-state index in [1.54, 1.807) is 18.5 Å². The third-order valence-corrected chi connectivity index (χ3v) is 5.94. The van der Waals surface area contributed by atoms with E-state index >= 15 is 0 Å². The minimum Gasteiger partial charge on any atom is -0.493 e. The van der Waals surface area contributed by atoms with Crippen LogP contribution in [-0.4, -0.2) is 25.1 Å². The molecule has 0 unspecified atom stereocenters. The molecule has 1 radical (unpaired) electrons. The molecule has 4 rings (SSSR count). The number of nitrogens with one attached hydrogen (secondary N) is 1. The molecule has 2 aromatic carbocycles. The lowest BCUT2D eigenvalue weighted by molar-refractivity contribution is -0.120. The number of benzene rings is 2. The van der Waals surface area contributed by atoms with E-state index in [0.29, 0.717) is 29.4 Å². The number of pyridine rings is 1. The zero-order valence-corrected chi connectivity index (χ0v) is 19.9. The molecule has 6 nitrogen and oxygen atoms in total. The lowest BCUT2D eigenvalue weighted by Gasteiger charge is -2.13. The second kappa shape index (κ2) is 10.4. The highest BCUT2D eigenvalue weighted by molar-refractivity contribution is 6.08. The number of ether oxygens (including phenoxy) is 3. The third-order valence-electron chi connectivity index (χ3n) is 5.94. The summed E-state index contributed by atoms with van der Waals surface area (Å²) in [6.07, 6.45) is 5.48. The SMILES string of the molecule is [CH2]Oc1c(OC)cc(/C=C2/C(C)=C(CC(=O)NCc3cccnc3)c3cc(F)ccc32)cc1OC. The fraction of sp³-hybridized carbons (Fsp3) is 0.179. The van der Waals surface area contributed by atoms with Gasteiger partial charge in [-0.25, -0.2) is 4.39 Å². The maximum absolute atomic E-state index is 14.2. The molecule has 1 N–H and O–H groups in total. The third kappa shape index (κ3) is 5.04. The maximum atomic E-state index is 14.2. The van der Waals surface area contributed by atoms with E-state index in [0.717, 1.165) is 33.4 Å². The molecular formula is C28H26FN2O4. The van der Waals surface area contributed by atoms with Gasteiger partial charge >= 0.3 is 0 Å². The Hall–Kier alpha value is -4.13. The van der Waals surface area contributed by atoms with Gasteiger partial charge in [-0.3, -0.25) is 9.78 Å². The first-order valence-electron chi connectivity index (χ1n) is 11.0. The predicted octanol–water partition coefficient (Wildman–Crippen LogP) is 5.44. The minimum atomic E-state index is -0.355. The van der Waals surface area contributed by atoms with Crippen molar-refractivity contribution in [1.82, 2.24) is 10.3 Å². The van der Waals surface area contributed by atoms with E-state index < -0.39 is 0 Å². The molecule has 0 bridgehead atoms. The molecule has 1 aliphatic rings. The molecule has 0 atom stereocenters. The molecule has 0 aliphatic heterocycles. The van der Waals surface area contributed by atoms with Gasteiger partial charge in [-0.05, 0) is 82.3 Å². The number of carbonyl (C=O) groups excluding carboxylic acids is 1. The van der Waals surface area contributed by atoms with Crippen LogP contribution in [0, 0.1) is 12.9 Å². The van der Waals surface area contributed by atoms with Gasteiger partial charge in [0.25, 0.3) is 0 Å². The molecule has 0 spiro atoms. The van der Waals surface area contributed by atoms with Crippen LogP contribution in [0.15, 0.2) is 60.4 Å². The number of allylic oxidation sites excluding steroid dienone is 2. The average Bonchev–Trinajstić information content (AvgIpc) is 3.12. The first-order chi connectivity index (χ1) is 16.9. The van der Waals surface area contributed by atoms with Crippen LogP contribution >= 0.6 is 0 Å². The molecule has 35 heavy (non-hydrogen) atoms. The minimum absolute atomic E-state index is 0.126. The van der Waals surface area contributed by atoms with Gasteiger partial charge in [-0.15, -0.1) is 0 Å². The Bertz CT molecular complexity index is 1290. The molecule has 179 valence electrons. The van der Waals surface area contributed by atoms with E-state index in [4.69, 9.17) is 14.2 Å². The number of methoxy groups -OCH3 is 2. The van der Waals surface area contributed by atoms with Crippen molar-refractivity contribution in [3.63, 3.8) is 0 Å². The van der Waals surface area contributed by atoms with Crippen molar-refractivity contribution in [2.45, 2.75) is 19.9 Å². The number of rotatable bonds is 8. The Morgan fingerprint density at radius 3 is 2.49 bits per heavy atom. The van der Waals surface area contributed by atoms with Gasteiger partial charge in [-0.2, -0.15) is 0 Å². The van der Waals surface area contributed by atoms with Crippen molar-refractivity contribution < 1.29 is 23.4 Å². The van der Waals surface area contributed by atoms with Crippen molar-refractivity contribution in [1.29, 1.82) is 0 Å². The van der Waals surface area contributed by atoms with Gasteiger partial charge < -0.3 is 19.5 Å². The highest BCUT2D eigenvalue weighted by atomic mass is 19.1. The summed E-state index contributed by atoms with van der Waals surface area (Å²) in [6.45, 7) is 2.31. The number of halogens is 1. The summed E-state index contributed by atoms with van der Waals surface area (Å²) in [7, 11) is 6.54. The van der Waals surface area contributed by atoms with Crippen LogP contribution < -0.4 is 19.5 Å². The zero-order valence-electron chi connectivity index (χ0n) is 19.9. The van der Waals surface area contributed by atoms with E-state index in [1.807, 2.05) is 37.3 Å². The number of nitrogens with zero attached hydrogens (tertiary/aromatic N) is 1. The van der Waals surface area contributed by atoms with Gasteiger partial charge in [0.05, 0.1) is 20.6 Å². The quantitative estimate of drug-likeness (QED) is 0.472. The maximum Gasteiger partial charge on any atom is 0.224 e. The zero-order chi connectivity index (χ0) is 24.9. The number of hydrogen-bond acceptors (Lipinski definition) is 5. The summed E-state index contributed by atoms with van der Waals surface area (Å²) in [4.78, 5) is 16.8. The highest BCUT2D eigenvalue weighted by Gasteiger charge is 2.26. The van der Waals surface area contributed by atoms with Crippen molar-refractivity contribution in [2.24, 2.45) is 0 Å². The van der Waals surface area contributed by atoms with E-state index in [-0.39, 0.29) is 18.1 Å². The number of carbonyl (C=O) groups is 1. The molecule has 0 saturated heterocycles. The summed E-state index contributed by atoms with van der Waals surface area (Å²) in [6, 6.07) is 12.0. The lowest BCUT2D eigenvalue weighted by atomic mass is 10.00. The molecular weight excluding hydrogens is 447 g/mol. The second-order valence-electron chi connectivity index (χ2n) is 8.07. The molecule has 7 heteroatoms. The monoisotopic (exact) mass is 473 g/mol. The molecule has 1 aliphatic carbocycles. The fourth-order valence-electron chi connectivity index (χ4n) is 4.20. The Balaban J connectivity index is 1.69. The summed E-state index contributed by atoms with van der Waals surface area (Å²) in [5, 5.41) is 2.92. The van der Waals surface area contributed by atoms with Crippen LogP contribution in [0.25, 0.3) is 17.2 Å². The standard InChI is InChI=1S/C28H26FN2O4/c1-17-22(10-19-11-25(33-2)28(35-4)26(12-19)34-3)21-8-7-20(29)13-24(21)23(17)14-27(32)31-16-18-6-5-9-30-15-18/h5-13,15H,4,14,16H2,1-3H3,(H,31,32)/b22-10-. The molecule has 0 saturated carbocycles. The molecule has 1 amide bonds. The van der Waals surface area contributed by atoms with Crippen LogP contribution in [0.4, 0.5) is 4.39 Å². The number of fused-ring (bicyclic) bond motifs is 1. The van der Waals surface area contributed by atoms with Crippen LogP contribution in [0.1, 0.15) is 35.6 Å². The predicted molar refractivity (Wildman–Crippen MR) is 133 cm³/mol. The molecule has 3 aromatic rings. The van der Waals surface area contributed by atoms with E-state index in [1.165, 1.54) is 26.4 Å². The Labute approximate surface area is 204 Å². The van der Waals surface area contributed by atoms with Crippen molar-refractivity contribution in [3.8, 4) is 17.2 Å². The lowest BCUT2D eigenvalue weighted by Crippen LogP contribution is -2.22. The highest BCUT2D eigenvalue weighted by Crippen LogP contribution is 2.45. The van der Waals surface area contributed by atoms with E-state index in [9.17, 15) is 9.18 Å². The average molecular weight is 474 g/mol. The Morgan fingerprint density at radius 1 is 1.11 bits per heavy atom. The Morgan fingerprint density at radius 2 is 1.86 bits per heavy atom. The van der Waals surface area contributed by atoms with Gasteiger partial charge in [-0.1, -0.05) is 12.1 Å². The fourth-order valence-corrected chi connectivity index (χ4v) is 4.20. The first kappa shape index (κ1) is 24.0. The summed E-state index contributed by atoms with van der Waals surface area (Å²) >= 11 is 0. The van der Waals surface area contributed by atoms with Crippen molar-refractivity contribution in [3.05, 3.63) is 95.6 Å². The molecule has 0 fully saturated rings. The van der Waals surface area contributed by atoms with Gasteiger partial charge in [0.2, 0.25) is 11.7 Å². The van der Waals surface area contributed by atoms with E-state index in [2.05, 4.69) is 17.4 Å². The topological polar surface area (TPSA) is 69.7 Å². The number of aromatic nitrogens is 1. The Kier molecular flexibility index (Phi) is 7.15. The summed E-state index contributed by atoms with van der Waals surface area (Å²) < 4.78 is 30.3. The largest absolute Gasteiger partial charge is 0.493 e. The van der Waals surface area contributed by atoms with Crippen molar-refractivity contribution >= 4 is 23.1 Å². The summed E-state index contributed by atoms with van der Waals surface area (Å²) in [5.74, 6) is 0.830. The first-order valence-corrected chi connectivity index (χ1v) is 11.0. The van der Waals surface area contributed by atoms with Crippen LogP contribution in [-0.2, 0) is 11.3 Å². The van der Waals surface area contributed by atoms with Crippen LogP contribution in [0.3, 0.4) is 0 Å². The molecule has 1 heterocycles. The number of hydrogen-bond donors (Lipinski definition) is 1. The van der Waals surface area contributed by atoms with Crippen LogP contribution in [0.2, 0.25) is 0 Å². The van der Waals surface area contributed by atoms with Gasteiger partial charge in [0.1, 0.15) is 12.9 Å².